The Morgan fingerprint density at radius 1 is 1.44 bits per heavy atom. The van der Waals surface area contributed by atoms with Gasteiger partial charge in [-0.1, -0.05) is 23.7 Å². The number of aliphatic hydroxyl groups excluding tert-OH is 1. The fraction of sp³-hybridized carbons (Fsp3) is 0.538. The summed E-state index contributed by atoms with van der Waals surface area (Å²) in [7, 11) is 0. The van der Waals surface area contributed by atoms with Gasteiger partial charge < -0.3 is 10.4 Å². The summed E-state index contributed by atoms with van der Waals surface area (Å²) in [6.45, 7) is 3.85. The molecule has 2 rings (SSSR count). The normalized spacial score (nSPS) is 24.2. The van der Waals surface area contributed by atoms with Gasteiger partial charge in [-0.3, -0.25) is 0 Å². The summed E-state index contributed by atoms with van der Waals surface area (Å²) in [5.74, 6) is 0.649. The van der Waals surface area contributed by atoms with Crippen molar-refractivity contribution < 1.29 is 5.11 Å². The zero-order valence-corrected chi connectivity index (χ0v) is 10.3. The van der Waals surface area contributed by atoms with Crippen LogP contribution in [0.2, 0.25) is 5.02 Å². The van der Waals surface area contributed by atoms with E-state index in [-0.39, 0.29) is 6.10 Å². The second kappa shape index (κ2) is 5.17. The van der Waals surface area contributed by atoms with E-state index in [1.165, 1.54) is 5.56 Å². The summed E-state index contributed by atoms with van der Waals surface area (Å²) in [6, 6.07) is 6.16. The largest absolute Gasteiger partial charge is 0.393 e. The Morgan fingerprint density at radius 3 is 2.81 bits per heavy atom. The minimum Gasteiger partial charge on any atom is -0.393 e. The second-order valence-corrected chi connectivity index (χ2v) is 5.11. The highest BCUT2D eigenvalue weighted by molar-refractivity contribution is 6.31. The van der Waals surface area contributed by atoms with Crippen molar-refractivity contribution in [2.24, 2.45) is 5.92 Å². The molecule has 1 aromatic rings. The molecular formula is C13H18ClNO. The maximum Gasteiger partial charge on any atom is 0.0546 e. The molecule has 3 heteroatoms. The molecule has 2 N–H and O–H groups in total. The van der Waals surface area contributed by atoms with E-state index in [4.69, 9.17) is 16.7 Å². The number of halogens is 1. The minimum atomic E-state index is -0.0550. The van der Waals surface area contributed by atoms with Gasteiger partial charge in [0.2, 0.25) is 0 Å². The molecule has 0 amide bonds. The van der Waals surface area contributed by atoms with Gasteiger partial charge in [-0.15, -0.1) is 0 Å². The predicted octanol–water partition coefficient (Wildman–Crippen LogP) is 2.51. The molecule has 0 saturated heterocycles. The third-order valence-corrected chi connectivity index (χ3v) is 3.62. The standard InChI is InChI=1S/C13H18ClNO/c1-9-2-3-10(6-13(9)14)7-15-8-11-4-12(16)5-11/h2-3,6,11-12,15-16H,4-5,7-8H2,1H3. The molecule has 0 spiro atoms. The van der Waals surface area contributed by atoms with E-state index < -0.39 is 0 Å². The van der Waals surface area contributed by atoms with E-state index in [1.807, 2.05) is 19.1 Å². The van der Waals surface area contributed by atoms with E-state index in [0.29, 0.717) is 5.92 Å². The van der Waals surface area contributed by atoms with Gasteiger partial charge in [0.25, 0.3) is 0 Å². The molecule has 0 unspecified atom stereocenters. The van der Waals surface area contributed by atoms with Crippen LogP contribution in [0.4, 0.5) is 0 Å². The van der Waals surface area contributed by atoms with Crippen LogP contribution in [-0.4, -0.2) is 17.8 Å². The second-order valence-electron chi connectivity index (χ2n) is 4.71. The fourth-order valence-corrected chi connectivity index (χ4v) is 2.24. The highest BCUT2D eigenvalue weighted by Crippen LogP contribution is 2.26. The van der Waals surface area contributed by atoms with Gasteiger partial charge in [0, 0.05) is 11.6 Å². The number of benzene rings is 1. The van der Waals surface area contributed by atoms with Crippen LogP contribution < -0.4 is 5.32 Å². The van der Waals surface area contributed by atoms with Gasteiger partial charge >= 0.3 is 0 Å². The maximum absolute atomic E-state index is 9.16. The molecule has 0 aromatic heterocycles. The SMILES string of the molecule is Cc1ccc(CNCC2CC(O)C2)cc1Cl. The zero-order valence-electron chi connectivity index (χ0n) is 9.54. The summed E-state index contributed by atoms with van der Waals surface area (Å²) in [5, 5.41) is 13.4. The molecule has 1 aromatic carbocycles. The fourth-order valence-electron chi connectivity index (χ4n) is 2.03. The molecule has 1 fully saturated rings. The van der Waals surface area contributed by atoms with Crippen molar-refractivity contribution in [3.8, 4) is 0 Å². The Labute approximate surface area is 102 Å². The van der Waals surface area contributed by atoms with Gasteiger partial charge in [0.05, 0.1) is 6.10 Å². The van der Waals surface area contributed by atoms with Crippen LogP contribution in [0.25, 0.3) is 0 Å². The van der Waals surface area contributed by atoms with E-state index in [2.05, 4.69) is 11.4 Å². The lowest BCUT2D eigenvalue weighted by molar-refractivity contribution is 0.0430. The minimum absolute atomic E-state index is 0.0550. The zero-order chi connectivity index (χ0) is 11.5. The monoisotopic (exact) mass is 239 g/mol. The van der Waals surface area contributed by atoms with Gasteiger partial charge in [0.15, 0.2) is 0 Å². The first-order valence-corrected chi connectivity index (χ1v) is 6.17. The van der Waals surface area contributed by atoms with E-state index in [0.717, 1.165) is 36.5 Å². The summed E-state index contributed by atoms with van der Waals surface area (Å²) in [6.07, 6.45) is 1.84. The van der Waals surface area contributed by atoms with Gasteiger partial charge in [-0.25, -0.2) is 0 Å². The Hall–Kier alpha value is -0.570. The Morgan fingerprint density at radius 2 is 2.19 bits per heavy atom. The Kier molecular flexibility index (Phi) is 3.85. The summed E-state index contributed by atoms with van der Waals surface area (Å²) in [5.41, 5.74) is 2.34. The van der Waals surface area contributed by atoms with Crippen molar-refractivity contribution in [2.75, 3.05) is 6.54 Å². The molecule has 0 heterocycles. The van der Waals surface area contributed by atoms with Crippen LogP contribution in [0.5, 0.6) is 0 Å². The molecule has 88 valence electrons. The molecule has 2 nitrogen and oxygen atoms in total. The summed E-state index contributed by atoms with van der Waals surface area (Å²) >= 11 is 6.05. The molecule has 0 bridgehead atoms. The highest BCUT2D eigenvalue weighted by Gasteiger charge is 2.26. The molecular weight excluding hydrogens is 222 g/mol. The summed E-state index contributed by atoms with van der Waals surface area (Å²) in [4.78, 5) is 0. The molecule has 1 saturated carbocycles. The van der Waals surface area contributed by atoms with Crippen molar-refractivity contribution in [1.82, 2.24) is 5.32 Å². The Bertz CT molecular complexity index is 361. The van der Waals surface area contributed by atoms with Gasteiger partial charge in [0.1, 0.15) is 0 Å². The first-order valence-electron chi connectivity index (χ1n) is 5.79. The predicted molar refractivity (Wildman–Crippen MR) is 66.6 cm³/mol. The van der Waals surface area contributed by atoms with Crippen molar-refractivity contribution in [1.29, 1.82) is 0 Å². The number of hydrogen-bond donors (Lipinski definition) is 2. The Balaban J connectivity index is 1.74. The quantitative estimate of drug-likeness (QED) is 0.846. The average molecular weight is 240 g/mol. The molecule has 1 aliphatic rings. The number of aryl methyl sites for hydroxylation is 1. The van der Waals surface area contributed by atoms with Crippen molar-refractivity contribution in [3.05, 3.63) is 34.3 Å². The molecule has 1 aliphatic carbocycles. The maximum atomic E-state index is 9.16. The van der Waals surface area contributed by atoms with E-state index in [9.17, 15) is 0 Å². The first-order chi connectivity index (χ1) is 7.65. The van der Waals surface area contributed by atoms with E-state index >= 15 is 0 Å². The van der Waals surface area contributed by atoms with Crippen LogP contribution in [0.1, 0.15) is 24.0 Å². The lowest BCUT2D eigenvalue weighted by atomic mass is 9.82. The third-order valence-electron chi connectivity index (χ3n) is 3.21. The van der Waals surface area contributed by atoms with Gasteiger partial charge in [-0.2, -0.15) is 0 Å². The number of rotatable bonds is 4. The third kappa shape index (κ3) is 2.97. The van der Waals surface area contributed by atoms with Gasteiger partial charge in [-0.05, 0) is 49.4 Å². The van der Waals surface area contributed by atoms with Crippen LogP contribution in [0, 0.1) is 12.8 Å². The summed E-state index contributed by atoms with van der Waals surface area (Å²) < 4.78 is 0. The van der Waals surface area contributed by atoms with Crippen molar-refractivity contribution in [2.45, 2.75) is 32.4 Å². The first kappa shape index (κ1) is 11.9. The molecule has 0 aliphatic heterocycles. The molecule has 0 radical (unpaired) electrons. The topological polar surface area (TPSA) is 32.3 Å². The smallest absolute Gasteiger partial charge is 0.0546 e. The highest BCUT2D eigenvalue weighted by atomic mass is 35.5. The van der Waals surface area contributed by atoms with Crippen LogP contribution >= 0.6 is 11.6 Å². The number of nitrogens with one attached hydrogen (secondary N) is 1. The molecule has 16 heavy (non-hydrogen) atoms. The van der Waals surface area contributed by atoms with E-state index in [1.54, 1.807) is 0 Å². The van der Waals surface area contributed by atoms with Crippen molar-refractivity contribution >= 4 is 11.6 Å². The number of aliphatic hydroxyl groups is 1. The van der Waals surface area contributed by atoms with Crippen LogP contribution in [-0.2, 0) is 6.54 Å². The number of hydrogen-bond acceptors (Lipinski definition) is 2. The van der Waals surface area contributed by atoms with Crippen LogP contribution in [0.15, 0.2) is 18.2 Å². The van der Waals surface area contributed by atoms with Crippen LogP contribution in [0.3, 0.4) is 0 Å². The lowest BCUT2D eigenvalue weighted by Crippen LogP contribution is -2.35. The molecule has 0 atom stereocenters. The van der Waals surface area contributed by atoms with Crippen molar-refractivity contribution in [3.63, 3.8) is 0 Å². The average Bonchev–Trinajstić information content (AvgIpc) is 2.21. The lowest BCUT2D eigenvalue weighted by Gasteiger charge is -2.31.